The molecule has 0 saturated heterocycles. The zero-order chi connectivity index (χ0) is 10.0. The molecule has 3 nitrogen and oxygen atoms in total. The van der Waals surface area contributed by atoms with Crippen molar-refractivity contribution in [3.8, 4) is 0 Å². The monoisotopic (exact) mass is 178 g/mol. The van der Waals surface area contributed by atoms with Gasteiger partial charge in [0.2, 0.25) is 5.91 Å². The Morgan fingerprint density at radius 3 is 2.46 bits per heavy atom. The minimum absolute atomic E-state index is 0.256. The number of rotatable bonds is 2. The van der Waals surface area contributed by atoms with Gasteiger partial charge in [0.1, 0.15) is 0 Å². The lowest BCUT2D eigenvalue weighted by Gasteiger charge is -2.10. The topological polar surface area (TPSA) is 69.1 Å². The first kappa shape index (κ1) is 9.58. The summed E-state index contributed by atoms with van der Waals surface area (Å²) >= 11 is 0. The van der Waals surface area contributed by atoms with Crippen LogP contribution in [0.2, 0.25) is 0 Å². The maximum atomic E-state index is 11.0. The summed E-state index contributed by atoms with van der Waals surface area (Å²) in [6.45, 7) is 4.00. The van der Waals surface area contributed by atoms with E-state index in [1.807, 2.05) is 13.8 Å². The summed E-state index contributed by atoms with van der Waals surface area (Å²) in [6, 6.07) is 5.16. The largest absolute Gasteiger partial charge is 0.399 e. The van der Waals surface area contributed by atoms with E-state index in [1.165, 1.54) is 0 Å². The molecule has 1 aromatic carbocycles. The van der Waals surface area contributed by atoms with Crippen LogP contribution in [0.25, 0.3) is 0 Å². The zero-order valence-corrected chi connectivity index (χ0v) is 7.87. The number of primary amides is 1. The van der Waals surface area contributed by atoms with Gasteiger partial charge in [-0.3, -0.25) is 4.79 Å². The second-order valence-electron chi connectivity index (χ2n) is 3.37. The number of benzene rings is 1. The highest BCUT2D eigenvalue weighted by atomic mass is 16.1. The highest BCUT2D eigenvalue weighted by Crippen LogP contribution is 2.21. The van der Waals surface area contributed by atoms with Crippen molar-refractivity contribution in [1.82, 2.24) is 0 Å². The van der Waals surface area contributed by atoms with Gasteiger partial charge in [0.15, 0.2) is 0 Å². The molecular weight excluding hydrogens is 164 g/mol. The van der Waals surface area contributed by atoms with E-state index in [0.717, 1.165) is 5.56 Å². The second-order valence-corrected chi connectivity index (χ2v) is 3.37. The molecule has 4 N–H and O–H groups in total. The van der Waals surface area contributed by atoms with Crippen molar-refractivity contribution in [2.24, 2.45) is 5.73 Å². The van der Waals surface area contributed by atoms with Crippen molar-refractivity contribution in [3.63, 3.8) is 0 Å². The molecule has 3 heteroatoms. The molecule has 0 spiro atoms. The fourth-order valence-electron chi connectivity index (χ4n) is 1.28. The first-order chi connectivity index (χ1) is 6.02. The highest BCUT2D eigenvalue weighted by molar-refractivity contribution is 5.94. The molecule has 0 aliphatic rings. The lowest BCUT2D eigenvalue weighted by molar-refractivity contribution is 0.0999. The molecule has 0 aliphatic heterocycles. The van der Waals surface area contributed by atoms with Crippen LogP contribution >= 0.6 is 0 Å². The molecule has 1 aromatic rings. The molecule has 0 bridgehead atoms. The van der Waals surface area contributed by atoms with Crippen LogP contribution in [0.5, 0.6) is 0 Å². The maximum absolute atomic E-state index is 11.0. The van der Waals surface area contributed by atoms with Crippen molar-refractivity contribution in [2.75, 3.05) is 5.73 Å². The number of hydrogen-bond acceptors (Lipinski definition) is 2. The molecule has 0 aromatic heterocycles. The van der Waals surface area contributed by atoms with Gasteiger partial charge in [-0.2, -0.15) is 0 Å². The van der Waals surface area contributed by atoms with Crippen molar-refractivity contribution in [2.45, 2.75) is 19.8 Å². The Morgan fingerprint density at radius 1 is 1.38 bits per heavy atom. The van der Waals surface area contributed by atoms with Crippen LogP contribution in [0.1, 0.15) is 35.7 Å². The highest BCUT2D eigenvalue weighted by Gasteiger charge is 2.10. The minimum atomic E-state index is -0.399. The van der Waals surface area contributed by atoms with Gasteiger partial charge in [-0.25, -0.2) is 0 Å². The number of amides is 1. The minimum Gasteiger partial charge on any atom is -0.399 e. The number of nitrogen functional groups attached to an aromatic ring is 1. The van der Waals surface area contributed by atoms with Crippen molar-refractivity contribution < 1.29 is 4.79 Å². The van der Waals surface area contributed by atoms with E-state index in [9.17, 15) is 4.79 Å². The Balaban J connectivity index is 3.26. The van der Waals surface area contributed by atoms with E-state index in [0.29, 0.717) is 11.3 Å². The summed E-state index contributed by atoms with van der Waals surface area (Å²) in [4.78, 5) is 11.0. The molecule has 13 heavy (non-hydrogen) atoms. The molecule has 70 valence electrons. The van der Waals surface area contributed by atoms with E-state index in [2.05, 4.69) is 0 Å². The van der Waals surface area contributed by atoms with Gasteiger partial charge in [-0.1, -0.05) is 13.8 Å². The quantitative estimate of drug-likeness (QED) is 0.673. The van der Waals surface area contributed by atoms with Gasteiger partial charge in [-0.05, 0) is 29.7 Å². The van der Waals surface area contributed by atoms with Crippen LogP contribution in [0, 0.1) is 0 Å². The van der Waals surface area contributed by atoms with Gasteiger partial charge in [-0.15, -0.1) is 0 Å². The maximum Gasteiger partial charge on any atom is 0.248 e. The van der Waals surface area contributed by atoms with Gasteiger partial charge < -0.3 is 11.5 Å². The standard InChI is InChI=1S/C10H14N2O/c1-6(2)9-5-7(11)3-4-8(9)10(12)13/h3-6H,11H2,1-2H3,(H2,12,13). The van der Waals surface area contributed by atoms with Crippen LogP contribution in [0.4, 0.5) is 5.69 Å². The van der Waals surface area contributed by atoms with Crippen molar-refractivity contribution >= 4 is 11.6 Å². The summed E-state index contributed by atoms with van der Waals surface area (Å²) < 4.78 is 0. The Labute approximate surface area is 77.7 Å². The summed E-state index contributed by atoms with van der Waals surface area (Å²) in [5.74, 6) is -0.144. The normalized spacial score (nSPS) is 10.4. The van der Waals surface area contributed by atoms with Crippen LogP contribution < -0.4 is 11.5 Å². The fraction of sp³-hybridized carbons (Fsp3) is 0.300. The summed E-state index contributed by atoms with van der Waals surface area (Å²) in [6.07, 6.45) is 0. The SMILES string of the molecule is CC(C)c1cc(N)ccc1C(N)=O. The third-order valence-electron chi connectivity index (χ3n) is 1.96. The number of nitrogens with two attached hydrogens (primary N) is 2. The lowest BCUT2D eigenvalue weighted by Crippen LogP contribution is -2.14. The first-order valence-electron chi connectivity index (χ1n) is 4.21. The third kappa shape index (κ3) is 1.99. The van der Waals surface area contributed by atoms with Crippen LogP contribution in [-0.2, 0) is 0 Å². The van der Waals surface area contributed by atoms with Crippen molar-refractivity contribution in [3.05, 3.63) is 29.3 Å². The number of anilines is 1. The molecule has 0 saturated carbocycles. The van der Waals surface area contributed by atoms with E-state index in [-0.39, 0.29) is 5.92 Å². The molecular formula is C10H14N2O. The summed E-state index contributed by atoms with van der Waals surface area (Å²) in [5, 5.41) is 0. The number of hydrogen-bond donors (Lipinski definition) is 2. The molecule has 1 amide bonds. The van der Waals surface area contributed by atoms with Crippen LogP contribution in [0.15, 0.2) is 18.2 Å². The van der Waals surface area contributed by atoms with E-state index in [4.69, 9.17) is 11.5 Å². The zero-order valence-electron chi connectivity index (χ0n) is 7.87. The lowest BCUT2D eigenvalue weighted by atomic mass is 9.96. The molecule has 0 unspecified atom stereocenters. The molecule has 1 rings (SSSR count). The summed E-state index contributed by atoms with van der Waals surface area (Å²) in [5.41, 5.74) is 13.0. The number of carbonyl (C=O) groups excluding carboxylic acids is 1. The van der Waals surface area contributed by atoms with Gasteiger partial charge in [0, 0.05) is 11.3 Å². The third-order valence-corrected chi connectivity index (χ3v) is 1.96. The fourth-order valence-corrected chi connectivity index (χ4v) is 1.28. The predicted molar refractivity (Wildman–Crippen MR) is 53.5 cm³/mol. The predicted octanol–water partition coefficient (Wildman–Crippen LogP) is 1.49. The first-order valence-corrected chi connectivity index (χ1v) is 4.21. The molecule has 0 atom stereocenters. The molecule has 0 aliphatic carbocycles. The Kier molecular flexibility index (Phi) is 2.56. The van der Waals surface area contributed by atoms with Gasteiger partial charge >= 0.3 is 0 Å². The van der Waals surface area contributed by atoms with Crippen molar-refractivity contribution in [1.29, 1.82) is 0 Å². The summed E-state index contributed by atoms with van der Waals surface area (Å²) in [7, 11) is 0. The van der Waals surface area contributed by atoms with E-state index >= 15 is 0 Å². The van der Waals surface area contributed by atoms with Crippen LogP contribution in [0.3, 0.4) is 0 Å². The molecule has 0 fully saturated rings. The molecule has 0 heterocycles. The molecule has 0 radical (unpaired) electrons. The second kappa shape index (κ2) is 3.47. The van der Waals surface area contributed by atoms with E-state index < -0.39 is 5.91 Å². The smallest absolute Gasteiger partial charge is 0.248 e. The average molecular weight is 178 g/mol. The van der Waals surface area contributed by atoms with E-state index in [1.54, 1.807) is 18.2 Å². The Morgan fingerprint density at radius 2 is 2.00 bits per heavy atom. The Bertz CT molecular complexity index is 332. The Hall–Kier alpha value is -1.51. The van der Waals surface area contributed by atoms with Crippen LogP contribution in [-0.4, -0.2) is 5.91 Å². The van der Waals surface area contributed by atoms with Gasteiger partial charge in [0.05, 0.1) is 0 Å². The number of carbonyl (C=O) groups is 1. The van der Waals surface area contributed by atoms with Gasteiger partial charge in [0.25, 0.3) is 0 Å². The average Bonchev–Trinajstić information content (AvgIpc) is 2.03.